The molecule has 0 unspecified atom stereocenters. The van der Waals surface area contributed by atoms with Gasteiger partial charge in [-0.1, -0.05) is 31.2 Å². The Labute approximate surface area is 132 Å². The minimum Gasteiger partial charge on any atom is -0.347 e. The normalized spacial score (nSPS) is 19.5. The molecule has 0 saturated carbocycles. The molecule has 0 aliphatic heterocycles. The first-order valence-electron chi connectivity index (χ1n) is 7.16. The predicted molar refractivity (Wildman–Crippen MR) is 86.2 cm³/mol. The van der Waals surface area contributed by atoms with Crippen LogP contribution in [-0.4, -0.2) is 22.8 Å². The Hall–Kier alpha value is -2.21. The van der Waals surface area contributed by atoms with Gasteiger partial charge in [0.05, 0.1) is 0 Å². The molecule has 0 spiro atoms. The van der Waals surface area contributed by atoms with E-state index in [9.17, 15) is 9.59 Å². The van der Waals surface area contributed by atoms with E-state index in [1.165, 1.54) is 29.4 Å². The minimum absolute atomic E-state index is 0.0795. The zero-order valence-corrected chi connectivity index (χ0v) is 13.2. The van der Waals surface area contributed by atoms with Crippen LogP contribution in [0, 0.1) is 0 Å². The molecule has 2 N–H and O–H groups in total. The molecule has 0 fully saturated rings. The Bertz CT molecular complexity index is 726. The van der Waals surface area contributed by atoms with E-state index in [4.69, 9.17) is 0 Å². The number of hydrogen-bond acceptors (Lipinski definition) is 4. The van der Waals surface area contributed by atoms with Crippen molar-refractivity contribution in [3.8, 4) is 0 Å². The SMILES string of the molecule is CC(=O)Nc1nc(C(=O)N[C@@H]2Cc3ccccc3[C@@H]2C)cs1. The number of hydrogen-bond donors (Lipinski definition) is 2. The maximum absolute atomic E-state index is 12.3. The molecule has 5 nitrogen and oxygen atoms in total. The number of fused-ring (bicyclic) bond motifs is 1. The topological polar surface area (TPSA) is 71.1 Å². The van der Waals surface area contributed by atoms with E-state index in [1.54, 1.807) is 5.38 Å². The van der Waals surface area contributed by atoms with Crippen molar-refractivity contribution in [1.29, 1.82) is 0 Å². The highest BCUT2D eigenvalue weighted by atomic mass is 32.1. The monoisotopic (exact) mass is 315 g/mol. The second kappa shape index (κ2) is 5.88. The zero-order valence-electron chi connectivity index (χ0n) is 12.4. The van der Waals surface area contributed by atoms with Crippen LogP contribution in [0.3, 0.4) is 0 Å². The second-order valence-corrected chi connectivity index (χ2v) is 6.35. The number of nitrogens with zero attached hydrogens (tertiary/aromatic N) is 1. The van der Waals surface area contributed by atoms with Crippen LogP contribution in [0.25, 0.3) is 0 Å². The highest BCUT2D eigenvalue weighted by Gasteiger charge is 2.30. The predicted octanol–water partition coefficient (Wildman–Crippen LogP) is 2.56. The maximum Gasteiger partial charge on any atom is 0.271 e. The molecule has 1 aromatic carbocycles. The smallest absolute Gasteiger partial charge is 0.271 e. The first-order valence-corrected chi connectivity index (χ1v) is 8.04. The van der Waals surface area contributed by atoms with E-state index in [2.05, 4.69) is 34.7 Å². The molecule has 3 rings (SSSR count). The summed E-state index contributed by atoms with van der Waals surface area (Å²) in [7, 11) is 0. The van der Waals surface area contributed by atoms with Crippen molar-refractivity contribution in [3.05, 3.63) is 46.5 Å². The quantitative estimate of drug-likeness (QED) is 0.914. The summed E-state index contributed by atoms with van der Waals surface area (Å²) in [6.45, 7) is 3.54. The zero-order chi connectivity index (χ0) is 15.7. The fourth-order valence-electron chi connectivity index (χ4n) is 2.80. The molecule has 22 heavy (non-hydrogen) atoms. The van der Waals surface area contributed by atoms with Gasteiger partial charge in [0.15, 0.2) is 5.13 Å². The number of carbonyl (C=O) groups excluding carboxylic acids is 2. The number of amides is 2. The Morgan fingerprint density at radius 1 is 1.32 bits per heavy atom. The van der Waals surface area contributed by atoms with E-state index < -0.39 is 0 Å². The van der Waals surface area contributed by atoms with Gasteiger partial charge in [0.1, 0.15) is 5.69 Å². The molecule has 2 amide bonds. The van der Waals surface area contributed by atoms with Gasteiger partial charge in [-0.3, -0.25) is 9.59 Å². The lowest BCUT2D eigenvalue weighted by Crippen LogP contribution is -2.37. The summed E-state index contributed by atoms with van der Waals surface area (Å²) in [5, 5.41) is 7.74. The van der Waals surface area contributed by atoms with E-state index in [-0.39, 0.29) is 23.8 Å². The van der Waals surface area contributed by atoms with Crippen molar-refractivity contribution in [2.45, 2.75) is 32.2 Å². The third-order valence-electron chi connectivity index (χ3n) is 3.93. The van der Waals surface area contributed by atoms with Crippen LogP contribution in [0.1, 0.15) is 41.4 Å². The van der Waals surface area contributed by atoms with Crippen LogP contribution < -0.4 is 10.6 Å². The molecule has 1 heterocycles. The third kappa shape index (κ3) is 2.87. The number of aromatic nitrogens is 1. The van der Waals surface area contributed by atoms with Gasteiger partial charge in [0, 0.05) is 24.3 Å². The summed E-state index contributed by atoms with van der Waals surface area (Å²) in [5.74, 6) is -0.104. The molecule has 1 aliphatic rings. The largest absolute Gasteiger partial charge is 0.347 e. The van der Waals surface area contributed by atoms with Crippen LogP contribution in [0.5, 0.6) is 0 Å². The summed E-state index contributed by atoms with van der Waals surface area (Å²) in [6, 6.07) is 8.35. The molecule has 1 aliphatic carbocycles. The molecule has 114 valence electrons. The average Bonchev–Trinajstić information content (AvgIpc) is 3.05. The fourth-order valence-corrected chi connectivity index (χ4v) is 3.54. The number of anilines is 1. The van der Waals surface area contributed by atoms with Crippen molar-refractivity contribution in [3.63, 3.8) is 0 Å². The molecule has 1 aromatic heterocycles. The lowest BCUT2D eigenvalue weighted by Gasteiger charge is -2.17. The highest BCUT2D eigenvalue weighted by molar-refractivity contribution is 7.14. The fraction of sp³-hybridized carbons (Fsp3) is 0.312. The van der Waals surface area contributed by atoms with Crippen molar-refractivity contribution in [2.75, 3.05) is 5.32 Å². The molecular formula is C16H17N3O2S. The van der Waals surface area contributed by atoms with Crippen molar-refractivity contribution in [2.24, 2.45) is 0 Å². The minimum atomic E-state index is -0.197. The first kappa shape index (κ1) is 14.7. The van der Waals surface area contributed by atoms with Gasteiger partial charge in [-0.05, 0) is 17.5 Å². The second-order valence-electron chi connectivity index (χ2n) is 5.49. The maximum atomic E-state index is 12.3. The third-order valence-corrected chi connectivity index (χ3v) is 4.68. The van der Waals surface area contributed by atoms with Gasteiger partial charge < -0.3 is 10.6 Å². The van der Waals surface area contributed by atoms with Crippen molar-refractivity contribution in [1.82, 2.24) is 10.3 Å². The summed E-state index contributed by atoms with van der Waals surface area (Å²) in [4.78, 5) is 27.5. The number of carbonyl (C=O) groups is 2. The summed E-state index contributed by atoms with van der Waals surface area (Å²) in [6.07, 6.45) is 0.839. The van der Waals surface area contributed by atoms with E-state index in [0.717, 1.165) is 6.42 Å². The average molecular weight is 315 g/mol. The van der Waals surface area contributed by atoms with Gasteiger partial charge in [-0.15, -0.1) is 11.3 Å². The van der Waals surface area contributed by atoms with Gasteiger partial charge in [-0.2, -0.15) is 0 Å². The Kier molecular flexibility index (Phi) is 3.94. The Balaban J connectivity index is 1.68. The Morgan fingerprint density at radius 2 is 2.09 bits per heavy atom. The van der Waals surface area contributed by atoms with Crippen LogP contribution in [0.4, 0.5) is 5.13 Å². The number of rotatable bonds is 3. The van der Waals surface area contributed by atoms with Crippen molar-refractivity contribution >= 4 is 28.3 Å². The van der Waals surface area contributed by atoms with Crippen LogP contribution in [0.15, 0.2) is 29.6 Å². The number of nitrogens with one attached hydrogen (secondary N) is 2. The number of benzene rings is 1. The molecule has 2 atom stereocenters. The van der Waals surface area contributed by atoms with Crippen molar-refractivity contribution < 1.29 is 9.59 Å². The molecule has 2 aromatic rings. The summed E-state index contributed by atoms with van der Waals surface area (Å²) < 4.78 is 0. The summed E-state index contributed by atoms with van der Waals surface area (Å²) >= 11 is 1.25. The van der Waals surface area contributed by atoms with Gasteiger partial charge in [0.25, 0.3) is 5.91 Å². The van der Waals surface area contributed by atoms with E-state index >= 15 is 0 Å². The summed E-state index contributed by atoms with van der Waals surface area (Å²) in [5.41, 5.74) is 2.93. The lowest BCUT2D eigenvalue weighted by molar-refractivity contribution is -0.114. The van der Waals surface area contributed by atoms with Gasteiger partial charge >= 0.3 is 0 Å². The standard InChI is InChI=1S/C16H17N3O2S/c1-9-12-6-4-3-5-11(12)7-13(9)18-15(21)14-8-22-16(19-14)17-10(2)20/h3-6,8-9,13H,7H2,1-2H3,(H,18,21)(H,17,19,20)/t9-,13+/m0/s1. The van der Waals surface area contributed by atoms with Crippen LogP contribution in [-0.2, 0) is 11.2 Å². The molecular weight excluding hydrogens is 298 g/mol. The highest BCUT2D eigenvalue weighted by Crippen LogP contribution is 2.32. The number of thiazole rings is 1. The molecule has 6 heteroatoms. The first-order chi connectivity index (χ1) is 10.5. The Morgan fingerprint density at radius 3 is 2.82 bits per heavy atom. The van der Waals surface area contributed by atoms with E-state index in [0.29, 0.717) is 10.8 Å². The lowest BCUT2D eigenvalue weighted by atomic mass is 10.0. The van der Waals surface area contributed by atoms with Gasteiger partial charge in [-0.25, -0.2) is 4.98 Å². The molecule has 0 saturated heterocycles. The molecule has 0 bridgehead atoms. The molecule has 0 radical (unpaired) electrons. The van der Waals surface area contributed by atoms with Crippen LogP contribution in [0.2, 0.25) is 0 Å². The van der Waals surface area contributed by atoms with Gasteiger partial charge in [0.2, 0.25) is 5.91 Å². The van der Waals surface area contributed by atoms with Crippen LogP contribution >= 0.6 is 11.3 Å². The van der Waals surface area contributed by atoms with E-state index in [1.807, 2.05) is 12.1 Å².